The molecule has 0 atom stereocenters. The van der Waals surface area contributed by atoms with Gasteiger partial charge in [0.15, 0.2) is 5.96 Å². The number of nitrogens with zero attached hydrogens (tertiary/aromatic N) is 1. The van der Waals surface area contributed by atoms with Crippen LogP contribution < -0.4 is 11.1 Å². The minimum absolute atomic E-state index is 0.542. The molecule has 0 heterocycles. The molecule has 15 heavy (non-hydrogen) atoms. The number of aliphatic imine (C=N–C) groups is 1. The summed E-state index contributed by atoms with van der Waals surface area (Å²) < 4.78 is 5.44. The number of ether oxygens (including phenoxy) is 1. The van der Waals surface area contributed by atoms with Gasteiger partial charge in [0.1, 0.15) is 0 Å². The number of hydrogen-bond acceptors (Lipinski definition) is 2. The van der Waals surface area contributed by atoms with E-state index >= 15 is 0 Å². The maximum Gasteiger partial charge on any atom is 0.188 e. The van der Waals surface area contributed by atoms with Crippen LogP contribution in [0.3, 0.4) is 0 Å². The summed E-state index contributed by atoms with van der Waals surface area (Å²) in [5.74, 6) is 1.15. The maximum absolute atomic E-state index is 5.62. The molecule has 0 aromatic carbocycles. The molecule has 0 bridgehead atoms. The topological polar surface area (TPSA) is 59.6 Å². The Labute approximate surface area is 93.3 Å². The number of nitrogens with two attached hydrogens (primary N) is 1. The van der Waals surface area contributed by atoms with E-state index in [-0.39, 0.29) is 0 Å². The van der Waals surface area contributed by atoms with Gasteiger partial charge in [0.25, 0.3) is 0 Å². The molecule has 0 aliphatic rings. The lowest BCUT2D eigenvalue weighted by Gasteiger charge is -2.07. The molecule has 3 N–H and O–H groups in total. The summed E-state index contributed by atoms with van der Waals surface area (Å²) in [4.78, 5) is 4.13. The Hall–Kier alpha value is -0.770. The van der Waals surface area contributed by atoms with E-state index in [2.05, 4.69) is 31.1 Å². The molecule has 0 aliphatic carbocycles. The van der Waals surface area contributed by atoms with Crippen LogP contribution in [-0.4, -0.2) is 32.3 Å². The Bertz CT molecular complexity index is 169. The number of nitrogens with one attached hydrogen (secondary N) is 1. The highest BCUT2D eigenvalue weighted by Gasteiger charge is 1.94. The van der Waals surface area contributed by atoms with Gasteiger partial charge in [-0.25, -0.2) is 0 Å². The minimum atomic E-state index is 0.542. The van der Waals surface area contributed by atoms with Crippen molar-refractivity contribution in [2.24, 2.45) is 16.6 Å². The third-order valence-corrected chi connectivity index (χ3v) is 1.73. The predicted molar refractivity (Wildman–Crippen MR) is 65.1 cm³/mol. The number of guanidine groups is 1. The number of hydrogen-bond donors (Lipinski definition) is 2. The van der Waals surface area contributed by atoms with Crippen LogP contribution >= 0.6 is 0 Å². The van der Waals surface area contributed by atoms with Crippen molar-refractivity contribution in [3.05, 3.63) is 0 Å². The molecule has 0 spiro atoms. The summed E-state index contributed by atoms with van der Waals surface area (Å²) in [5.41, 5.74) is 5.62. The zero-order valence-corrected chi connectivity index (χ0v) is 10.3. The van der Waals surface area contributed by atoms with Gasteiger partial charge in [0.2, 0.25) is 0 Å². The molecule has 90 valence electrons. The molecule has 0 fully saturated rings. The zero-order chi connectivity index (χ0) is 11.5. The molecular formula is C11H25N3O. The molecule has 0 aromatic rings. The van der Waals surface area contributed by atoms with Gasteiger partial charge in [-0.1, -0.05) is 20.8 Å². The average Bonchev–Trinajstić information content (AvgIpc) is 2.19. The first kappa shape index (κ1) is 14.2. The van der Waals surface area contributed by atoms with Gasteiger partial charge < -0.3 is 15.8 Å². The normalized spacial score (nSPS) is 12.1. The van der Waals surface area contributed by atoms with Crippen molar-refractivity contribution in [2.45, 2.75) is 33.6 Å². The summed E-state index contributed by atoms with van der Waals surface area (Å²) in [6, 6.07) is 0. The van der Waals surface area contributed by atoms with Gasteiger partial charge in [-0.15, -0.1) is 0 Å². The average molecular weight is 215 g/mol. The van der Waals surface area contributed by atoms with Crippen molar-refractivity contribution in [3.63, 3.8) is 0 Å². The first-order chi connectivity index (χ1) is 7.16. The molecule has 0 aromatic heterocycles. The summed E-state index contributed by atoms with van der Waals surface area (Å²) in [7, 11) is 0. The minimum Gasteiger partial charge on any atom is -0.381 e. The molecule has 0 aliphatic heterocycles. The molecular weight excluding hydrogens is 190 g/mol. The summed E-state index contributed by atoms with van der Waals surface area (Å²) >= 11 is 0. The molecule has 0 unspecified atom stereocenters. The Morgan fingerprint density at radius 3 is 2.80 bits per heavy atom. The van der Waals surface area contributed by atoms with Crippen LogP contribution in [0.25, 0.3) is 0 Å². The van der Waals surface area contributed by atoms with E-state index in [9.17, 15) is 0 Å². The summed E-state index contributed by atoms with van der Waals surface area (Å²) in [6.07, 6.45) is 1.99. The van der Waals surface area contributed by atoms with Gasteiger partial charge in [0, 0.05) is 26.3 Å². The first-order valence-electron chi connectivity index (χ1n) is 5.78. The molecule has 4 heteroatoms. The molecule has 0 rings (SSSR count). The van der Waals surface area contributed by atoms with Gasteiger partial charge in [0.05, 0.1) is 0 Å². The molecule has 0 amide bonds. The van der Waals surface area contributed by atoms with Crippen molar-refractivity contribution in [2.75, 3.05) is 26.3 Å². The molecule has 0 saturated carbocycles. The van der Waals surface area contributed by atoms with Crippen molar-refractivity contribution in [1.29, 1.82) is 0 Å². The highest BCUT2D eigenvalue weighted by Crippen LogP contribution is 1.92. The van der Waals surface area contributed by atoms with Gasteiger partial charge in [-0.05, 0) is 18.8 Å². The Morgan fingerprint density at radius 1 is 1.47 bits per heavy atom. The zero-order valence-electron chi connectivity index (χ0n) is 10.3. The Morgan fingerprint density at radius 2 is 2.20 bits per heavy atom. The Kier molecular flexibility index (Phi) is 9.27. The van der Waals surface area contributed by atoms with E-state index in [0.29, 0.717) is 11.9 Å². The van der Waals surface area contributed by atoms with Crippen LogP contribution in [0, 0.1) is 5.92 Å². The van der Waals surface area contributed by atoms with Gasteiger partial charge >= 0.3 is 0 Å². The quantitative estimate of drug-likeness (QED) is 0.365. The Balaban J connectivity index is 3.23. The number of rotatable bonds is 8. The lowest BCUT2D eigenvalue weighted by atomic mass is 10.2. The van der Waals surface area contributed by atoms with Crippen molar-refractivity contribution in [3.8, 4) is 0 Å². The largest absolute Gasteiger partial charge is 0.381 e. The van der Waals surface area contributed by atoms with E-state index in [1.807, 2.05) is 0 Å². The highest BCUT2D eigenvalue weighted by molar-refractivity contribution is 5.77. The fraction of sp³-hybridized carbons (Fsp3) is 0.909. The monoisotopic (exact) mass is 215 g/mol. The lowest BCUT2D eigenvalue weighted by molar-refractivity contribution is 0.108. The maximum atomic E-state index is 5.62. The van der Waals surface area contributed by atoms with Crippen molar-refractivity contribution >= 4 is 5.96 Å². The fourth-order valence-electron chi connectivity index (χ4n) is 0.998. The molecule has 0 saturated heterocycles. The van der Waals surface area contributed by atoms with Gasteiger partial charge in [-0.3, -0.25) is 4.99 Å². The van der Waals surface area contributed by atoms with E-state index in [1.165, 1.54) is 0 Å². The third-order valence-electron chi connectivity index (χ3n) is 1.73. The van der Waals surface area contributed by atoms with E-state index in [0.717, 1.165) is 39.1 Å². The highest BCUT2D eigenvalue weighted by atomic mass is 16.5. The van der Waals surface area contributed by atoms with Crippen LogP contribution in [0.2, 0.25) is 0 Å². The van der Waals surface area contributed by atoms with E-state index in [1.54, 1.807) is 0 Å². The lowest BCUT2D eigenvalue weighted by Crippen LogP contribution is -2.33. The smallest absolute Gasteiger partial charge is 0.188 e. The molecule has 0 radical (unpaired) electrons. The standard InChI is InChI=1S/C11H25N3O/c1-4-6-13-11(12)14-7-5-8-15-9-10(2)3/h10H,4-9H2,1-3H3,(H3,12,13,14). The third kappa shape index (κ3) is 11.2. The second-order valence-electron chi connectivity index (χ2n) is 4.02. The fourth-order valence-corrected chi connectivity index (χ4v) is 0.998. The molecule has 4 nitrogen and oxygen atoms in total. The van der Waals surface area contributed by atoms with Crippen molar-refractivity contribution < 1.29 is 4.74 Å². The first-order valence-corrected chi connectivity index (χ1v) is 5.78. The second kappa shape index (κ2) is 9.77. The van der Waals surface area contributed by atoms with E-state index in [4.69, 9.17) is 10.5 Å². The predicted octanol–water partition coefficient (Wildman–Crippen LogP) is 1.36. The summed E-state index contributed by atoms with van der Waals surface area (Å²) in [5, 5.41) is 3.05. The van der Waals surface area contributed by atoms with Gasteiger partial charge in [-0.2, -0.15) is 0 Å². The summed E-state index contributed by atoms with van der Waals surface area (Å²) in [6.45, 7) is 9.61. The van der Waals surface area contributed by atoms with Crippen LogP contribution in [0.1, 0.15) is 33.6 Å². The van der Waals surface area contributed by atoms with Crippen LogP contribution in [0.5, 0.6) is 0 Å². The van der Waals surface area contributed by atoms with Crippen LogP contribution in [-0.2, 0) is 4.74 Å². The van der Waals surface area contributed by atoms with Crippen LogP contribution in [0.15, 0.2) is 4.99 Å². The van der Waals surface area contributed by atoms with Crippen LogP contribution in [0.4, 0.5) is 0 Å². The van der Waals surface area contributed by atoms with E-state index < -0.39 is 0 Å². The second-order valence-corrected chi connectivity index (χ2v) is 4.02. The van der Waals surface area contributed by atoms with Crippen molar-refractivity contribution in [1.82, 2.24) is 5.32 Å². The SMILES string of the molecule is CCCN=C(N)NCCCOCC(C)C.